The largest absolute Gasteiger partial charge is 0.309 e. The van der Waals surface area contributed by atoms with Gasteiger partial charge in [-0.3, -0.25) is 4.79 Å². The van der Waals surface area contributed by atoms with E-state index in [1.54, 1.807) is 11.8 Å². The summed E-state index contributed by atoms with van der Waals surface area (Å²) >= 11 is 9.43. The zero-order valence-corrected chi connectivity index (χ0v) is 13.3. The fourth-order valence-corrected chi connectivity index (χ4v) is 2.53. The molecule has 1 aromatic heterocycles. The summed E-state index contributed by atoms with van der Waals surface area (Å²) in [7, 11) is 0. The Kier molecular flexibility index (Phi) is 4.69. The molecule has 2 aromatic rings. The fraction of sp³-hybridized carbons (Fsp3) is 0.167. The highest BCUT2D eigenvalue weighted by Gasteiger charge is 2.05. The molecule has 0 aliphatic carbocycles. The molecule has 0 bridgehead atoms. The molecule has 0 unspecified atom stereocenters. The average molecular weight is 393 g/mol. The van der Waals surface area contributed by atoms with Gasteiger partial charge in [0.05, 0.1) is 15.0 Å². The van der Waals surface area contributed by atoms with Gasteiger partial charge in [0.1, 0.15) is 5.82 Å². The minimum atomic E-state index is -0.0743. The second kappa shape index (κ2) is 6.08. The number of aromatic nitrogens is 2. The number of hydrogen-bond donors (Lipinski definition) is 1. The number of halogens is 2. The molecule has 1 aromatic carbocycles. The molecule has 18 heavy (non-hydrogen) atoms. The van der Waals surface area contributed by atoms with Crippen molar-refractivity contribution in [2.24, 2.45) is 0 Å². The number of rotatable bonds is 3. The van der Waals surface area contributed by atoms with E-state index in [1.807, 2.05) is 53.8 Å². The highest BCUT2D eigenvalue weighted by Crippen LogP contribution is 2.22. The van der Waals surface area contributed by atoms with E-state index < -0.39 is 0 Å². The number of aryl methyl sites for hydroxylation is 1. The van der Waals surface area contributed by atoms with Crippen molar-refractivity contribution in [3.8, 4) is 0 Å². The molecule has 94 valence electrons. The quantitative estimate of drug-likeness (QED) is 0.641. The maximum absolute atomic E-state index is 11.6. The van der Waals surface area contributed by atoms with Gasteiger partial charge in [0.25, 0.3) is 5.56 Å². The van der Waals surface area contributed by atoms with E-state index in [0.717, 1.165) is 15.6 Å². The normalized spacial score (nSPS) is 10.6. The molecule has 6 heteroatoms. The molecular weight excluding hydrogens is 383 g/mol. The summed E-state index contributed by atoms with van der Waals surface area (Å²) < 4.78 is 0.646. The molecule has 0 radical (unpaired) electrons. The monoisotopic (exact) mass is 392 g/mol. The number of benzene rings is 1. The summed E-state index contributed by atoms with van der Waals surface area (Å²) in [6.45, 7) is 1.84. The third-order valence-corrected chi connectivity index (χ3v) is 4.81. The summed E-state index contributed by atoms with van der Waals surface area (Å²) in [5.74, 6) is 1.33. The molecule has 0 aliphatic rings. The summed E-state index contributed by atoms with van der Waals surface area (Å²) in [6.07, 6.45) is 0. The summed E-state index contributed by atoms with van der Waals surface area (Å²) in [6, 6.07) is 7.59. The lowest BCUT2D eigenvalue weighted by molar-refractivity contribution is 0.953. The molecule has 0 aliphatic heterocycles. The maximum atomic E-state index is 11.6. The van der Waals surface area contributed by atoms with Crippen LogP contribution in [0, 0.1) is 10.5 Å². The first kappa shape index (κ1) is 13.9. The molecular formula is C12H10ClIN2OS. The molecule has 0 saturated heterocycles. The minimum Gasteiger partial charge on any atom is -0.309 e. The van der Waals surface area contributed by atoms with Crippen LogP contribution >= 0.6 is 46.0 Å². The molecule has 0 fully saturated rings. The molecule has 1 N–H and O–H groups in total. The van der Waals surface area contributed by atoms with Gasteiger partial charge in [-0.2, -0.15) is 0 Å². The van der Waals surface area contributed by atoms with E-state index in [0.29, 0.717) is 15.1 Å². The van der Waals surface area contributed by atoms with Gasteiger partial charge in [-0.05, 0) is 53.8 Å². The fourth-order valence-electron chi connectivity index (χ4n) is 1.38. The standard InChI is InChI=1S/C12H10ClIN2OS/c1-7-11(14)12(17)16-10(15-7)6-18-9-4-2-8(13)3-5-9/h2-5H,6H2,1H3,(H,15,16,17). The third kappa shape index (κ3) is 3.49. The molecule has 0 spiro atoms. The lowest BCUT2D eigenvalue weighted by atomic mass is 10.4. The second-order valence-electron chi connectivity index (χ2n) is 3.65. The van der Waals surface area contributed by atoms with Crippen LogP contribution in [0.3, 0.4) is 0 Å². The summed E-state index contributed by atoms with van der Waals surface area (Å²) in [4.78, 5) is 19.8. The Morgan fingerprint density at radius 2 is 2.06 bits per heavy atom. The van der Waals surface area contributed by atoms with Gasteiger partial charge in [0.2, 0.25) is 0 Å². The number of H-pyrrole nitrogens is 1. The van der Waals surface area contributed by atoms with Crippen LogP contribution in [0.15, 0.2) is 34.0 Å². The van der Waals surface area contributed by atoms with Gasteiger partial charge in [-0.15, -0.1) is 11.8 Å². The topological polar surface area (TPSA) is 45.8 Å². The van der Waals surface area contributed by atoms with Crippen molar-refractivity contribution in [2.75, 3.05) is 0 Å². The number of thioether (sulfide) groups is 1. The van der Waals surface area contributed by atoms with E-state index in [-0.39, 0.29) is 5.56 Å². The van der Waals surface area contributed by atoms with Crippen LogP contribution in [0.5, 0.6) is 0 Å². The Balaban J connectivity index is 2.11. The predicted octanol–water partition coefficient (Wildman–Crippen LogP) is 3.63. The second-order valence-corrected chi connectivity index (χ2v) is 6.22. The Morgan fingerprint density at radius 1 is 1.39 bits per heavy atom. The first-order chi connectivity index (χ1) is 8.56. The van der Waals surface area contributed by atoms with Crippen LogP contribution in [0.1, 0.15) is 11.5 Å². The summed E-state index contributed by atoms with van der Waals surface area (Å²) in [5, 5.41) is 0.719. The highest BCUT2D eigenvalue weighted by molar-refractivity contribution is 14.1. The van der Waals surface area contributed by atoms with Crippen molar-refractivity contribution < 1.29 is 0 Å². The van der Waals surface area contributed by atoms with Crippen LogP contribution in [-0.4, -0.2) is 9.97 Å². The van der Waals surface area contributed by atoms with Gasteiger partial charge in [-0.1, -0.05) is 11.6 Å². The first-order valence-corrected chi connectivity index (χ1v) is 7.64. The van der Waals surface area contributed by atoms with E-state index in [4.69, 9.17) is 11.6 Å². The lowest BCUT2D eigenvalue weighted by Gasteiger charge is -2.03. The summed E-state index contributed by atoms with van der Waals surface area (Å²) in [5.41, 5.74) is 0.695. The molecule has 0 saturated carbocycles. The molecule has 0 amide bonds. The zero-order valence-electron chi connectivity index (χ0n) is 9.54. The lowest BCUT2D eigenvalue weighted by Crippen LogP contribution is -2.16. The van der Waals surface area contributed by atoms with E-state index in [2.05, 4.69) is 9.97 Å². The van der Waals surface area contributed by atoms with Gasteiger partial charge in [0, 0.05) is 9.92 Å². The van der Waals surface area contributed by atoms with Gasteiger partial charge in [0.15, 0.2) is 0 Å². The van der Waals surface area contributed by atoms with Gasteiger partial charge in [-0.25, -0.2) is 4.98 Å². The Bertz CT molecular complexity index is 612. The molecule has 3 nitrogen and oxygen atoms in total. The van der Waals surface area contributed by atoms with Crippen molar-refractivity contribution in [2.45, 2.75) is 17.6 Å². The molecule has 2 rings (SSSR count). The maximum Gasteiger partial charge on any atom is 0.264 e. The first-order valence-electron chi connectivity index (χ1n) is 5.20. The van der Waals surface area contributed by atoms with Crippen LogP contribution in [0.2, 0.25) is 5.02 Å². The van der Waals surface area contributed by atoms with Crippen molar-refractivity contribution in [1.82, 2.24) is 9.97 Å². The minimum absolute atomic E-state index is 0.0743. The average Bonchev–Trinajstić information content (AvgIpc) is 2.35. The van der Waals surface area contributed by atoms with Crippen LogP contribution < -0.4 is 5.56 Å². The van der Waals surface area contributed by atoms with E-state index in [1.165, 1.54) is 0 Å². The third-order valence-electron chi connectivity index (χ3n) is 2.27. The van der Waals surface area contributed by atoms with Crippen LogP contribution in [0.4, 0.5) is 0 Å². The highest BCUT2D eigenvalue weighted by atomic mass is 127. The molecule has 1 heterocycles. The molecule has 0 atom stereocenters. The van der Waals surface area contributed by atoms with Gasteiger partial charge < -0.3 is 4.98 Å². The number of nitrogens with zero attached hydrogens (tertiary/aromatic N) is 1. The van der Waals surface area contributed by atoms with Crippen molar-refractivity contribution in [3.05, 3.63) is 54.7 Å². The smallest absolute Gasteiger partial charge is 0.264 e. The predicted molar refractivity (Wildman–Crippen MR) is 83.3 cm³/mol. The number of nitrogens with one attached hydrogen (secondary N) is 1. The van der Waals surface area contributed by atoms with Crippen molar-refractivity contribution in [3.63, 3.8) is 0 Å². The Labute approximate surface area is 128 Å². The number of aromatic amines is 1. The zero-order chi connectivity index (χ0) is 13.1. The van der Waals surface area contributed by atoms with Crippen LogP contribution in [0.25, 0.3) is 0 Å². The van der Waals surface area contributed by atoms with Crippen LogP contribution in [-0.2, 0) is 5.75 Å². The van der Waals surface area contributed by atoms with Crippen molar-refractivity contribution >= 4 is 46.0 Å². The van der Waals surface area contributed by atoms with Crippen molar-refractivity contribution in [1.29, 1.82) is 0 Å². The van der Waals surface area contributed by atoms with E-state index >= 15 is 0 Å². The SMILES string of the molecule is Cc1nc(CSc2ccc(Cl)cc2)[nH]c(=O)c1I. The Hall–Kier alpha value is -0.530. The van der Waals surface area contributed by atoms with Gasteiger partial charge >= 0.3 is 0 Å². The van der Waals surface area contributed by atoms with E-state index in [9.17, 15) is 4.79 Å². The number of hydrogen-bond acceptors (Lipinski definition) is 3. The Morgan fingerprint density at radius 3 is 2.67 bits per heavy atom.